The van der Waals surface area contributed by atoms with Crippen molar-refractivity contribution in [1.29, 1.82) is 0 Å². The maximum atomic E-state index is 12.4. The predicted octanol–water partition coefficient (Wildman–Crippen LogP) is 1.41. The van der Waals surface area contributed by atoms with E-state index in [0.717, 1.165) is 11.1 Å². The number of aromatic amines is 1. The third kappa shape index (κ3) is 7.32. The van der Waals surface area contributed by atoms with Crippen LogP contribution in [0.2, 0.25) is 0 Å². The Kier molecular flexibility index (Phi) is 7.71. The number of imidazole rings is 1. The van der Waals surface area contributed by atoms with E-state index in [1.165, 1.54) is 17.4 Å². The molecule has 1 atom stereocenters. The Morgan fingerprint density at radius 2 is 1.80 bits per heavy atom. The molecule has 0 saturated carbocycles. The van der Waals surface area contributed by atoms with Crippen molar-refractivity contribution in [1.82, 2.24) is 20.2 Å². The molecule has 162 valence electrons. The lowest BCUT2D eigenvalue weighted by atomic mass is 9.87. The van der Waals surface area contributed by atoms with Gasteiger partial charge in [0.25, 0.3) is 0 Å². The van der Waals surface area contributed by atoms with Crippen molar-refractivity contribution in [3.8, 4) is 0 Å². The average molecular weight is 416 g/mol. The molecular formula is C21H28N4O5. The summed E-state index contributed by atoms with van der Waals surface area (Å²) in [6, 6.07) is 6.64. The van der Waals surface area contributed by atoms with Crippen molar-refractivity contribution in [3.05, 3.63) is 53.6 Å². The topological polar surface area (TPSA) is 136 Å². The third-order valence-corrected chi connectivity index (χ3v) is 4.56. The summed E-state index contributed by atoms with van der Waals surface area (Å²) in [5.41, 5.74) is 2.59. The van der Waals surface area contributed by atoms with Crippen LogP contribution in [0.5, 0.6) is 0 Å². The minimum Gasteiger partial charge on any atom is -0.480 e. The fourth-order valence-electron chi connectivity index (χ4n) is 2.99. The van der Waals surface area contributed by atoms with Gasteiger partial charge in [-0.15, -0.1) is 0 Å². The number of H-pyrrole nitrogens is 1. The lowest BCUT2D eigenvalue weighted by Crippen LogP contribution is -2.47. The Bertz CT molecular complexity index is 857. The first kappa shape index (κ1) is 23.1. The van der Waals surface area contributed by atoms with E-state index in [9.17, 15) is 24.6 Å². The van der Waals surface area contributed by atoms with Crippen LogP contribution in [-0.2, 0) is 32.8 Å². The molecule has 0 aliphatic heterocycles. The van der Waals surface area contributed by atoms with Crippen LogP contribution in [0.4, 0.5) is 0 Å². The quantitative estimate of drug-likeness (QED) is 0.460. The van der Waals surface area contributed by atoms with E-state index < -0.39 is 23.9 Å². The SMILES string of the molecule is CC(C)(C)c1ccc(CN(CC(=O)O)CC(=O)N[C@@H](Cc2cnc[nH]2)C(=O)O)cc1. The zero-order valence-corrected chi connectivity index (χ0v) is 17.4. The molecule has 30 heavy (non-hydrogen) atoms. The highest BCUT2D eigenvalue weighted by atomic mass is 16.4. The maximum Gasteiger partial charge on any atom is 0.326 e. The van der Waals surface area contributed by atoms with Crippen LogP contribution in [0.3, 0.4) is 0 Å². The molecule has 0 spiro atoms. The van der Waals surface area contributed by atoms with Crippen LogP contribution in [0.25, 0.3) is 0 Å². The molecular weight excluding hydrogens is 388 g/mol. The highest BCUT2D eigenvalue weighted by Gasteiger charge is 2.23. The van der Waals surface area contributed by atoms with Crippen LogP contribution in [-0.4, -0.2) is 62.1 Å². The standard InChI is InChI=1S/C21H28N4O5/c1-21(2,3)15-6-4-14(5-7-15)10-25(12-19(27)28)11-18(26)24-17(20(29)30)8-16-9-22-13-23-16/h4-7,9,13,17H,8,10-12H2,1-3H3,(H,22,23)(H,24,26)(H,27,28)(H,29,30)/t17-/m0/s1. The Balaban J connectivity index is 2.02. The number of aromatic nitrogens is 2. The smallest absolute Gasteiger partial charge is 0.326 e. The van der Waals surface area contributed by atoms with Crippen molar-refractivity contribution in [2.45, 2.75) is 45.2 Å². The second-order valence-corrected chi connectivity index (χ2v) is 8.23. The van der Waals surface area contributed by atoms with E-state index in [2.05, 4.69) is 36.1 Å². The summed E-state index contributed by atoms with van der Waals surface area (Å²) < 4.78 is 0. The van der Waals surface area contributed by atoms with E-state index in [1.54, 1.807) is 0 Å². The number of carbonyl (C=O) groups is 3. The molecule has 0 aliphatic rings. The fourth-order valence-corrected chi connectivity index (χ4v) is 2.99. The van der Waals surface area contributed by atoms with Crippen molar-refractivity contribution in [3.63, 3.8) is 0 Å². The van der Waals surface area contributed by atoms with Crippen molar-refractivity contribution in [2.75, 3.05) is 13.1 Å². The molecule has 0 radical (unpaired) electrons. The summed E-state index contributed by atoms with van der Waals surface area (Å²) in [5, 5.41) is 21.0. The highest BCUT2D eigenvalue weighted by Crippen LogP contribution is 2.22. The summed E-state index contributed by atoms with van der Waals surface area (Å²) in [4.78, 5) is 43.2. The summed E-state index contributed by atoms with van der Waals surface area (Å²) in [6.07, 6.45) is 2.96. The summed E-state index contributed by atoms with van der Waals surface area (Å²) in [7, 11) is 0. The van der Waals surface area contributed by atoms with Gasteiger partial charge in [-0.25, -0.2) is 9.78 Å². The monoisotopic (exact) mass is 416 g/mol. The predicted molar refractivity (Wildman–Crippen MR) is 110 cm³/mol. The summed E-state index contributed by atoms with van der Waals surface area (Å²) >= 11 is 0. The number of nitrogens with zero attached hydrogens (tertiary/aromatic N) is 2. The number of benzene rings is 1. The minimum atomic E-state index is -1.18. The van der Waals surface area contributed by atoms with Crippen LogP contribution in [0, 0.1) is 0 Å². The van der Waals surface area contributed by atoms with Gasteiger partial charge in [0, 0.05) is 24.9 Å². The largest absolute Gasteiger partial charge is 0.480 e. The fraction of sp³-hybridized carbons (Fsp3) is 0.429. The first-order valence-electron chi connectivity index (χ1n) is 9.57. The number of hydrogen-bond acceptors (Lipinski definition) is 5. The Labute approximate surface area is 175 Å². The highest BCUT2D eigenvalue weighted by molar-refractivity contribution is 5.85. The first-order chi connectivity index (χ1) is 14.0. The van der Waals surface area contributed by atoms with Crippen molar-refractivity contribution in [2.24, 2.45) is 0 Å². The normalized spacial score (nSPS) is 12.5. The Hall–Kier alpha value is -3.20. The molecule has 9 heteroatoms. The molecule has 2 rings (SSSR count). The van der Waals surface area contributed by atoms with Crippen LogP contribution >= 0.6 is 0 Å². The van der Waals surface area contributed by atoms with Gasteiger partial charge in [-0.3, -0.25) is 14.5 Å². The van der Waals surface area contributed by atoms with Gasteiger partial charge in [0.05, 0.1) is 19.4 Å². The molecule has 9 nitrogen and oxygen atoms in total. The van der Waals surface area contributed by atoms with E-state index in [4.69, 9.17) is 0 Å². The molecule has 0 saturated heterocycles. The summed E-state index contributed by atoms with van der Waals surface area (Å²) in [6.45, 7) is 5.98. The van der Waals surface area contributed by atoms with E-state index in [1.807, 2.05) is 24.3 Å². The molecule has 2 aromatic rings. The summed E-state index contributed by atoms with van der Waals surface area (Å²) in [5.74, 6) is -2.81. The maximum absolute atomic E-state index is 12.4. The van der Waals surface area contributed by atoms with Gasteiger partial charge in [0.15, 0.2) is 0 Å². The van der Waals surface area contributed by atoms with E-state index in [-0.39, 0.29) is 31.5 Å². The number of rotatable bonds is 10. The lowest BCUT2D eigenvalue weighted by molar-refractivity contribution is -0.143. The van der Waals surface area contributed by atoms with Crippen LogP contribution < -0.4 is 5.32 Å². The molecule has 1 aromatic heterocycles. The van der Waals surface area contributed by atoms with Crippen LogP contribution in [0.15, 0.2) is 36.8 Å². The average Bonchev–Trinajstić information content (AvgIpc) is 3.13. The van der Waals surface area contributed by atoms with Crippen LogP contribution in [0.1, 0.15) is 37.6 Å². The van der Waals surface area contributed by atoms with Gasteiger partial charge in [0.2, 0.25) is 5.91 Å². The van der Waals surface area contributed by atoms with E-state index >= 15 is 0 Å². The number of aliphatic carboxylic acids is 2. The molecule has 0 aliphatic carbocycles. The van der Waals surface area contributed by atoms with Gasteiger partial charge < -0.3 is 20.5 Å². The second-order valence-electron chi connectivity index (χ2n) is 8.23. The Morgan fingerprint density at radius 3 is 2.30 bits per heavy atom. The molecule has 1 aromatic carbocycles. The zero-order valence-electron chi connectivity index (χ0n) is 17.4. The van der Waals surface area contributed by atoms with Gasteiger partial charge in [-0.2, -0.15) is 0 Å². The number of nitrogens with one attached hydrogen (secondary N) is 2. The molecule has 1 amide bonds. The second kappa shape index (κ2) is 10.0. The number of amides is 1. The lowest BCUT2D eigenvalue weighted by Gasteiger charge is -2.23. The molecule has 1 heterocycles. The van der Waals surface area contributed by atoms with Crippen molar-refractivity contribution < 1.29 is 24.6 Å². The third-order valence-electron chi connectivity index (χ3n) is 4.56. The van der Waals surface area contributed by atoms with Gasteiger partial charge >= 0.3 is 11.9 Å². The minimum absolute atomic E-state index is 0.000330. The molecule has 0 unspecified atom stereocenters. The Morgan fingerprint density at radius 1 is 1.13 bits per heavy atom. The van der Waals surface area contributed by atoms with E-state index in [0.29, 0.717) is 5.69 Å². The first-order valence-corrected chi connectivity index (χ1v) is 9.57. The van der Waals surface area contributed by atoms with Gasteiger partial charge in [-0.1, -0.05) is 45.0 Å². The number of carbonyl (C=O) groups excluding carboxylic acids is 1. The molecule has 4 N–H and O–H groups in total. The number of carboxylic acids is 2. The molecule has 0 bridgehead atoms. The zero-order chi connectivity index (χ0) is 22.3. The van der Waals surface area contributed by atoms with Gasteiger partial charge in [0.1, 0.15) is 6.04 Å². The number of carboxylic acid groups (broad SMARTS) is 2. The van der Waals surface area contributed by atoms with Crippen molar-refractivity contribution >= 4 is 17.8 Å². The van der Waals surface area contributed by atoms with Gasteiger partial charge in [-0.05, 0) is 16.5 Å². The molecule has 0 fully saturated rings. The number of hydrogen-bond donors (Lipinski definition) is 4.